The van der Waals surface area contributed by atoms with Gasteiger partial charge in [0, 0.05) is 11.1 Å². The highest BCUT2D eigenvalue weighted by atomic mass is 35.5. The number of methoxy groups -OCH3 is 1. The van der Waals surface area contributed by atoms with Crippen molar-refractivity contribution in [1.82, 2.24) is 9.97 Å². The van der Waals surface area contributed by atoms with Crippen molar-refractivity contribution in [2.45, 2.75) is 19.2 Å². The Kier molecular flexibility index (Phi) is 6.35. The molecule has 2 aromatic carbocycles. The van der Waals surface area contributed by atoms with E-state index in [2.05, 4.69) is 9.97 Å². The van der Waals surface area contributed by atoms with Crippen LogP contribution in [0.5, 0.6) is 5.75 Å². The largest absolute Gasteiger partial charge is 0.485 e. The van der Waals surface area contributed by atoms with Gasteiger partial charge in [0.15, 0.2) is 0 Å². The van der Waals surface area contributed by atoms with Crippen LogP contribution in [-0.4, -0.2) is 23.0 Å². The number of nitrogens with two attached hydrogens (primary N) is 1. The molecular formula is C21H17ClF3N3O3. The van der Waals surface area contributed by atoms with Crippen LogP contribution in [-0.2, 0) is 10.9 Å². The fourth-order valence-corrected chi connectivity index (χ4v) is 3.13. The molecule has 2 N–H and O–H groups in total. The number of alkyl halides is 3. The maximum Gasteiger partial charge on any atom is 0.416 e. The monoisotopic (exact) mass is 451 g/mol. The number of ether oxygens (including phenoxy) is 2. The standard InChI is InChI=1S/C21H17ClF3N3O3/c1-11(13-5-3-4-6-15(13)21(23,24)25)31-16-9-12(7-8-14(16)20(29)30-2)18-19(26)27-10-17(22)28-18/h3-11H,1-2H3,(H2,26,27)/t11-/m0/s1. The summed E-state index contributed by atoms with van der Waals surface area (Å²) in [5.41, 5.74) is 5.62. The zero-order valence-corrected chi connectivity index (χ0v) is 17.2. The van der Waals surface area contributed by atoms with Gasteiger partial charge in [-0.2, -0.15) is 13.2 Å². The first-order valence-corrected chi connectivity index (χ1v) is 9.33. The number of aromatic nitrogens is 2. The highest BCUT2D eigenvalue weighted by molar-refractivity contribution is 6.29. The van der Waals surface area contributed by atoms with Crippen LogP contribution in [0.25, 0.3) is 11.3 Å². The van der Waals surface area contributed by atoms with Crippen molar-refractivity contribution in [3.63, 3.8) is 0 Å². The number of anilines is 1. The fourth-order valence-electron chi connectivity index (χ4n) is 3.00. The summed E-state index contributed by atoms with van der Waals surface area (Å²) >= 11 is 5.89. The molecule has 0 amide bonds. The zero-order valence-electron chi connectivity index (χ0n) is 16.4. The maximum absolute atomic E-state index is 13.4. The normalized spacial score (nSPS) is 12.3. The molecule has 0 aliphatic carbocycles. The van der Waals surface area contributed by atoms with Crippen molar-refractivity contribution in [3.05, 3.63) is 70.5 Å². The van der Waals surface area contributed by atoms with Gasteiger partial charge in [-0.25, -0.2) is 14.8 Å². The Morgan fingerprint density at radius 2 is 1.90 bits per heavy atom. The van der Waals surface area contributed by atoms with E-state index in [9.17, 15) is 18.0 Å². The number of nitrogen functional groups attached to an aromatic ring is 1. The van der Waals surface area contributed by atoms with Gasteiger partial charge in [0.1, 0.15) is 34.1 Å². The van der Waals surface area contributed by atoms with Crippen LogP contribution in [0.1, 0.15) is 34.5 Å². The Balaban J connectivity index is 2.07. The van der Waals surface area contributed by atoms with Gasteiger partial charge >= 0.3 is 12.1 Å². The fraction of sp³-hybridized carbons (Fsp3) is 0.190. The number of hydrogen-bond acceptors (Lipinski definition) is 6. The molecule has 1 heterocycles. The van der Waals surface area contributed by atoms with E-state index in [-0.39, 0.29) is 33.5 Å². The molecule has 0 unspecified atom stereocenters. The van der Waals surface area contributed by atoms with Crippen molar-refractivity contribution in [3.8, 4) is 17.0 Å². The summed E-state index contributed by atoms with van der Waals surface area (Å²) in [6.45, 7) is 1.45. The number of halogens is 4. The summed E-state index contributed by atoms with van der Waals surface area (Å²) < 4.78 is 50.8. The number of hydrogen-bond donors (Lipinski definition) is 1. The number of esters is 1. The van der Waals surface area contributed by atoms with E-state index in [0.717, 1.165) is 6.07 Å². The molecule has 1 aromatic heterocycles. The second-order valence-electron chi connectivity index (χ2n) is 6.47. The topological polar surface area (TPSA) is 87.3 Å². The quantitative estimate of drug-likeness (QED) is 0.528. The molecule has 3 aromatic rings. The number of carbonyl (C=O) groups excluding carboxylic acids is 1. The molecule has 0 spiro atoms. The van der Waals surface area contributed by atoms with Gasteiger partial charge in [0.05, 0.1) is 18.9 Å². The van der Waals surface area contributed by atoms with Crippen LogP contribution in [0.2, 0.25) is 5.15 Å². The maximum atomic E-state index is 13.4. The summed E-state index contributed by atoms with van der Waals surface area (Å²) in [6.07, 6.45) is -4.33. The lowest BCUT2D eigenvalue weighted by Crippen LogP contribution is -2.15. The molecule has 0 saturated carbocycles. The first-order chi connectivity index (χ1) is 14.6. The Morgan fingerprint density at radius 1 is 1.19 bits per heavy atom. The van der Waals surface area contributed by atoms with Gasteiger partial charge in [0.25, 0.3) is 0 Å². The number of carbonyl (C=O) groups is 1. The molecule has 10 heteroatoms. The van der Waals surface area contributed by atoms with Crippen LogP contribution in [0, 0.1) is 0 Å². The third-order valence-electron chi connectivity index (χ3n) is 4.44. The van der Waals surface area contributed by atoms with E-state index in [0.29, 0.717) is 5.56 Å². The van der Waals surface area contributed by atoms with Gasteiger partial charge in [0.2, 0.25) is 0 Å². The Morgan fingerprint density at radius 3 is 2.58 bits per heavy atom. The van der Waals surface area contributed by atoms with Crippen LogP contribution in [0.4, 0.5) is 19.0 Å². The number of benzene rings is 2. The van der Waals surface area contributed by atoms with Gasteiger partial charge in [-0.3, -0.25) is 0 Å². The van der Waals surface area contributed by atoms with Crippen molar-refractivity contribution in [1.29, 1.82) is 0 Å². The summed E-state index contributed by atoms with van der Waals surface area (Å²) in [5.74, 6) is -0.644. The van der Waals surface area contributed by atoms with Gasteiger partial charge in [-0.15, -0.1) is 0 Å². The minimum Gasteiger partial charge on any atom is -0.485 e. The van der Waals surface area contributed by atoms with Crippen LogP contribution < -0.4 is 10.5 Å². The predicted molar refractivity (Wildman–Crippen MR) is 109 cm³/mol. The van der Waals surface area contributed by atoms with E-state index in [1.165, 1.54) is 56.6 Å². The second kappa shape index (κ2) is 8.81. The Hall–Kier alpha value is -3.33. The molecule has 3 rings (SSSR count). The lowest BCUT2D eigenvalue weighted by Gasteiger charge is -2.21. The minimum absolute atomic E-state index is 0.00463. The molecule has 0 saturated heterocycles. The molecule has 1 atom stereocenters. The van der Waals surface area contributed by atoms with Gasteiger partial charge < -0.3 is 15.2 Å². The predicted octanol–water partition coefficient (Wildman–Crippen LogP) is 5.32. The van der Waals surface area contributed by atoms with E-state index in [4.69, 9.17) is 26.8 Å². The average molecular weight is 452 g/mol. The second-order valence-corrected chi connectivity index (χ2v) is 6.86. The van der Waals surface area contributed by atoms with Gasteiger partial charge in [-0.1, -0.05) is 35.9 Å². The van der Waals surface area contributed by atoms with Crippen molar-refractivity contribution < 1.29 is 27.4 Å². The minimum atomic E-state index is -4.56. The van der Waals surface area contributed by atoms with Gasteiger partial charge in [-0.05, 0) is 25.1 Å². The lowest BCUT2D eigenvalue weighted by molar-refractivity contribution is -0.139. The zero-order chi connectivity index (χ0) is 22.8. The molecule has 0 aliphatic heterocycles. The molecule has 0 bridgehead atoms. The van der Waals surface area contributed by atoms with E-state index in [1.807, 2.05) is 0 Å². The highest BCUT2D eigenvalue weighted by Gasteiger charge is 2.35. The summed E-state index contributed by atoms with van der Waals surface area (Å²) in [6, 6.07) is 9.41. The van der Waals surface area contributed by atoms with Crippen LogP contribution >= 0.6 is 11.6 Å². The Labute approximate surface area is 180 Å². The molecule has 6 nitrogen and oxygen atoms in total. The molecular weight excluding hydrogens is 435 g/mol. The van der Waals surface area contributed by atoms with E-state index in [1.54, 1.807) is 0 Å². The number of nitrogens with zero attached hydrogens (tertiary/aromatic N) is 2. The third-order valence-corrected chi connectivity index (χ3v) is 4.62. The number of rotatable bonds is 5. The van der Waals surface area contributed by atoms with Crippen molar-refractivity contribution in [2.24, 2.45) is 0 Å². The molecule has 0 fully saturated rings. The third kappa shape index (κ3) is 4.88. The Bertz CT molecular complexity index is 1120. The summed E-state index contributed by atoms with van der Waals surface area (Å²) in [7, 11) is 1.18. The van der Waals surface area contributed by atoms with E-state index < -0.39 is 23.8 Å². The van der Waals surface area contributed by atoms with Crippen molar-refractivity contribution >= 4 is 23.4 Å². The average Bonchev–Trinajstić information content (AvgIpc) is 2.74. The lowest BCUT2D eigenvalue weighted by atomic mass is 10.0. The van der Waals surface area contributed by atoms with E-state index >= 15 is 0 Å². The molecule has 162 valence electrons. The summed E-state index contributed by atoms with van der Waals surface area (Å²) in [4.78, 5) is 20.2. The molecule has 31 heavy (non-hydrogen) atoms. The first kappa shape index (κ1) is 22.4. The van der Waals surface area contributed by atoms with Crippen LogP contribution in [0.3, 0.4) is 0 Å². The molecule has 0 radical (unpaired) electrons. The molecule has 0 aliphatic rings. The SMILES string of the molecule is COC(=O)c1ccc(-c2nc(Cl)cnc2N)cc1O[C@@H](C)c1ccccc1C(F)(F)F. The van der Waals surface area contributed by atoms with Crippen molar-refractivity contribution in [2.75, 3.05) is 12.8 Å². The van der Waals surface area contributed by atoms with Crippen LogP contribution in [0.15, 0.2) is 48.7 Å². The highest BCUT2D eigenvalue weighted by Crippen LogP contribution is 2.37. The summed E-state index contributed by atoms with van der Waals surface area (Å²) in [5, 5.41) is 0.0937. The first-order valence-electron chi connectivity index (χ1n) is 8.95. The smallest absolute Gasteiger partial charge is 0.416 e.